The molecule has 1 aromatic heterocycles. The van der Waals surface area contributed by atoms with Gasteiger partial charge >= 0.3 is 0 Å². The number of nitrogens with zero attached hydrogens (tertiary/aromatic N) is 3. The van der Waals surface area contributed by atoms with Gasteiger partial charge in [0.2, 0.25) is 0 Å². The van der Waals surface area contributed by atoms with Gasteiger partial charge in [0.05, 0.1) is 10.4 Å². The molecule has 4 rings (SSSR count). The number of hydrogen-bond donors (Lipinski definition) is 1. The molecule has 0 aliphatic heterocycles. The van der Waals surface area contributed by atoms with Gasteiger partial charge in [-0.2, -0.15) is 0 Å². The summed E-state index contributed by atoms with van der Waals surface area (Å²) >= 11 is 1.98. The summed E-state index contributed by atoms with van der Waals surface area (Å²) < 4.78 is 0. The zero-order valence-corrected chi connectivity index (χ0v) is 17.0. The molecule has 1 fully saturated rings. The number of hydrogen-bond acceptors (Lipinski definition) is 6. The fourth-order valence-corrected chi connectivity index (χ4v) is 4.99. The third-order valence-electron chi connectivity index (χ3n) is 5.30. The van der Waals surface area contributed by atoms with Crippen LogP contribution >= 0.6 is 11.8 Å². The van der Waals surface area contributed by atoms with Crippen LogP contribution in [0.2, 0.25) is 0 Å². The molecule has 7 heteroatoms. The van der Waals surface area contributed by atoms with Gasteiger partial charge in [0, 0.05) is 33.4 Å². The normalized spacial score (nSPS) is 15.6. The number of nitro benzene ring substituents is 1. The minimum Gasteiger partial charge on any atom is -0.340 e. The van der Waals surface area contributed by atoms with Gasteiger partial charge in [0.25, 0.3) is 5.69 Å². The van der Waals surface area contributed by atoms with E-state index < -0.39 is 4.92 Å². The molecule has 0 saturated heterocycles. The molecule has 6 nitrogen and oxygen atoms in total. The smallest absolute Gasteiger partial charge is 0.270 e. The topological polar surface area (TPSA) is 81.0 Å². The monoisotopic (exact) mass is 408 g/mol. The average Bonchev–Trinajstić information content (AvgIpc) is 2.71. The molecule has 1 saturated carbocycles. The number of fused-ring (bicyclic) bond motifs is 1. The number of nitrogens with one attached hydrogen (secondary N) is 1. The Kier molecular flexibility index (Phi) is 6.24. The fourth-order valence-electron chi connectivity index (χ4n) is 3.74. The molecule has 1 aliphatic rings. The van der Waals surface area contributed by atoms with Crippen molar-refractivity contribution >= 4 is 39.9 Å². The van der Waals surface area contributed by atoms with Gasteiger partial charge in [-0.15, -0.1) is 11.8 Å². The van der Waals surface area contributed by atoms with Crippen molar-refractivity contribution < 1.29 is 4.92 Å². The summed E-state index contributed by atoms with van der Waals surface area (Å²) in [5, 5.41) is 15.7. The van der Waals surface area contributed by atoms with Gasteiger partial charge in [-0.25, -0.2) is 9.97 Å². The number of thioether (sulfide) groups is 1. The van der Waals surface area contributed by atoms with E-state index >= 15 is 0 Å². The van der Waals surface area contributed by atoms with Crippen molar-refractivity contribution in [2.24, 2.45) is 0 Å². The summed E-state index contributed by atoms with van der Waals surface area (Å²) in [6.45, 7) is 0. The zero-order chi connectivity index (χ0) is 20.1. The third-order valence-corrected chi connectivity index (χ3v) is 6.65. The van der Waals surface area contributed by atoms with Crippen LogP contribution in [-0.2, 0) is 0 Å². The molecule has 0 atom stereocenters. The molecular formula is C22H24N4O2S. The first-order valence-corrected chi connectivity index (χ1v) is 11.0. The summed E-state index contributed by atoms with van der Waals surface area (Å²) in [4.78, 5) is 20.5. The van der Waals surface area contributed by atoms with E-state index in [2.05, 4.69) is 27.4 Å². The van der Waals surface area contributed by atoms with Crippen LogP contribution in [0.25, 0.3) is 10.9 Å². The van der Waals surface area contributed by atoms with Crippen LogP contribution in [0.3, 0.4) is 0 Å². The van der Waals surface area contributed by atoms with Crippen molar-refractivity contribution in [3.63, 3.8) is 0 Å². The van der Waals surface area contributed by atoms with Crippen LogP contribution in [0.4, 0.5) is 17.2 Å². The maximum absolute atomic E-state index is 11.1. The molecule has 0 unspecified atom stereocenters. The molecule has 0 bridgehead atoms. The van der Waals surface area contributed by atoms with Crippen molar-refractivity contribution in [3.05, 3.63) is 58.9 Å². The Morgan fingerprint density at radius 3 is 2.41 bits per heavy atom. The second-order valence-corrected chi connectivity index (χ2v) is 8.79. The Labute approximate surface area is 174 Å². The lowest BCUT2D eigenvalue weighted by Crippen LogP contribution is -2.05. The van der Waals surface area contributed by atoms with E-state index in [4.69, 9.17) is 0 Å². The predicted octanol–water partition coefficient (Wildman–Crippen LogP) is 6.49. The molecule has 1 heterocycles. The summed E-state index contributed by atoms with van der Waals surface area (Å²) in [7, 11) is 0. The Balaban J connectivity index is 1.48. The third kappa shape index (κ3) is 5.03. The molecule has 29 heavy (non-hydrogen) atoms. The number of aromatic nitrogens is 2. The van der Waals surface area contributed by atoms with Crippen molar-refractivity contribution in [1.29, 1.82) is 0 Å². The first-order chi connectivity index (χ1) is 14.2. The van der Waals surface area contributed by atoms with Crippen LogP contribution in [0.5, 0.6) is 0 Å². The second kappa shape index (κ2) is 9.22. The fraction of sp³-hybridized carbons (Fsp3) is 0.364. The maximum atomic E-state index is 11.1. The zero-order valence-electron chi connectivity index (χ0n) is 16.2. The number of benzene rings is 2. The van der Waals surface area contributed by atoms with Gasteiger partial charge in [0.15, 0.2) is 0 Å². The first-order valence-electron chi connectivity index (χ1n) is 10.1. The maximum Gasteiger partial charge on any atom is 0.270 e. The van der Waals surface area contributed by atoms with E-state index in [0.717, 1.165) is 5.69 Å². The molecule has 0 spiro atoms. The Hall–Kier alpha value is -2.67. The van der Waals surface area contributed by atoms with Gasteiger partial charge in [0.1, 0.15) is 12.1 Å². The van der Waals surface area contributed by atoms with E-state index in [1.807, 2.05) is 23.9 Å². The van der Waals surface area contributed by atoms with Crippen molar-refractivity contribution in [1.82, 2.24) is 9.97 Å². The first kappa shape index (κ1) is 19.6. The lowest BCUT2D eigenvalue weighted by atomic mass is 10.0. The summed E-state index contributed by atoms with van der Waals surface area (Å²) in [6, 6.07) is 13.0. The van der Waals surface area contributed by atoms with Crippen LogP contribution in [0.15, 0.2) is 53.7 Å². The van der Waals surface area contributed by atoms with Crippen LogP contribution < -0.4 is 5.32 Å². The average molecular weight is 409 g/mol. The van der Waals surface area contributed by atoms with Crippen molar-refractivity contribution in [3.8, 4) is 0 Å². The van der Waals surface area contributed by atoms with E-state index in [1.165, 1.54) is 68.3 Å². The van der Waals surface area contributed by atoms with E-state index in [-0.39, 0.29) is 5.69 Å². The minimum absolute atomic E-state index is 0.0290. The molecule has 0 radical (unpaired) electrons. The van der Waals surface area contributed by atoms with E-state index in [9.17, 15) is 10.1 Å². The molecule has 150 valence electrons. The predicted molar refractivity (Wildman–Crippen MR) is 118 cm³/mol. The van der Waals surface area contributed by atoms with Gasteiger partial charge in [-0.05, 0) is 43.2 Å². The SMILES string of the molecule is O=[N+]([O-])c1ccc2ncnc(Nc3ccc(SC4CCCCCCC4)cc3)c2c1. The van der Waals surface area contributed by atoms with Crippen LogP contribution in [0.1, 0.15) is 44.9 Å². The summed E-state index contributed by atoms with van der Waals surface area (Å²) in [5.41, 5.74) is 1.60. The highest BCUT2D eigenvalue weighted by Gasteiger charge is 2.13. The molecule has 1 N–H and O–H groups in total. The minimum atomic E-state index is -0.405. The highest BCUT2D eigenvalue weighted by molar-refractivity contribution is 8.00. The Bertz CT molecular complexity index is 986. The second-order valence-electron chi connectivity index (χ2n) is 7.42. The molecular weight excluding hydrogens is 384 g/mol. The summed E-state index contributed by atoms with van der Waals surface area (Å²) in [5.74, 6) is 0.569. The summed E-state index contributed by atoms with van der Waals surface area (Å²) in [6.07, 6.45) is 10.9. The van der Waals surface area contributed by atoms with Crippen LogP contribution in [0, 0.1) is 10.1 Å². The highest BCUT2D eigenvalue weighted by Crippen LogP contribution is 2.33. The lowest BCUT2D eigenvalue weighted by Gasteiger charge is -2.19. The van der Waals surface area contributed by atoms with Gasteiger partial charge in [-0.1, -0.05) is 32.1 Å². The number of nitro groups is 1. The van der Waals surface area contributed by atoms with E-state index in [0.29, 0.717) is 22.0 Å². The lowest BCUT2D eigenvalue weighted by molar-refractivity contribution is -0.384. The largest absolute Gasteiger partial charge is 0.340 e. The van der Waals surface area contributed by atoms with Crippen LogP contribution in [-0.4, -0.2) is 20.1 Å². The number of non-ortho nitro benzene ring substituents is 1. The Morgan fingerprint density at radius 1 is 0.966 bits per heavy atom. The van der Waals surface area contributed by atoms with Gasteiger partial charge < -0.3 is 5.32 Å². The van der Waals surface area contributed by atoms with E-state index in [1.54, 1.807) is 6.07 Å². The molecule has 2 aromatic carbocycles. The number of rotatable bonds is 5. The van der Waals surface area contributed by atoms with Gasteiger partial charge in [-0.3, -0.25) is 10.1 Å². The quantitative estimate of drug-likeness (QED) is 0.384. The molecule has 3 aromatic rings. The Morgan fingerprint density at radius 2 is 1.69 bits per heavy atom. The van der Waals surface area contributed by atoms with Crippen molar-refractivity contribution in [2.45, 2.75) is 55.1 Å². The van der Waals surface area contributed by atoms with Crippen molar-refractivity contribution in [2.75, 3.05) is 5.32 Å². The highest BCUT2D eigenvalue weighted by atomic mass is 32.2. The standard InChI is InChI=1S/C22H24N4O2S/c27-26(28)17-10-13-21-20(14-17)22(24-15-23-21)25-16-8-11-19(12-9-16)29-18-6-4-2-1-3-5-7-18/h8-15,18H,1-7H2,(H,23,24,25). The molecule has 0 amide bonds. The number of anilines is 2. The molecule has 1 aliphatic carbocycles.